The highest BCUT2D eigenvalue weighted by Crippen LogP contribution is 2.34. The van der Waals surface area contributed by atoms with Crippen LogP contribution >= 0.6 is 0 Å². The van der Waals surface area contributed by atoms with E-state index in [-0.39, 0.29) is 19.1 Å². The number of hydrogen-bond acceptors (Lipinski definition) is 3. The first-order valence-corrected chi connectivity index (χ1v) is 9.16. The van der Waals surface area contributed by atoms with Crippen LogP contribution in [0.25, 0.3) is 0 Å². The quantitative estimate of drug-likeness (QED) is 0.812. The Kier molecular flexibility index (Phi) is 6.20. The van der Waals surface area contributed by atoms with Crippen LogP contribution in [0, 0.1) is 17.1 Å². The number of rotatable bonds is 6. The van der Waals surface area contributed by atoms with Crippen molar-refractivity contribution in [1.82, 2.24) is 0 Å². The standard InChI is InChI=1S/C22H22FNO3/c23-21-10-16(13-24)6-9-19(21)14-27-20-3-1-2-18(12-20)17-7-4-15(5-8-17)11-22(25)26/h4-10,18,20H,1-3,11-12,14H2,(H,25,26). The number of aliphatic carboxylic acids is 1. The lowest BCUT2D eigenvalue weighted by atomic mass is 9.82. The Labute approximate surface area is 158 Å². The molecule has 3 rings (SSSR count). The molecule has 0 radical (unpaired) electrons. The van der Waals surface area contributed by atoms with Gasteiger partial charge in [0.1, 0.15) is 5.82 Å². The van der Waals surface area contributed by atoms with Crippen molar-refractivity contribution in [2.24, 2.45) is 0 Å². The maximum absolute atomic E-state index is 14.0. The fourth-order valence-corrected chi connectivity index (χ4v) is 3.62. The average Bonchev–Trinajstić information content (AvgIpc) is 2.67. The van der Waals surface area contributed by atoms with Gasteiger partial charge >= 0.3 is 5.97 Å². The van der Waals surface area contributed by atoms with Gasteiger partial charge < -0.3 is 9.84 Å². The fraction of sp³-hybridized carbons (Fsp3) is 0.364. The third-order valence-corrected chi connectivity index (χ3v) is 5.09. The Hall–Kier alpha value is -2.71. The first-order chi connectivity index (χ1) is 13.0. The summed E-state index contributed by atoms with van der Waals surface area (Å²) >= 11 is 0. The SMILES string of the molecule is N#Cc1ccc(COC2CCCC(c3ccc(CC(=O)O)cc3)C2)c(F)c1. The van der Waals surface area contributed by atoms with Gasteiger partial charge in [0.15, 0.2) is 0 Å². The van der Waals surface area contributed by atoms with Gasteiger partial charge in [-0.1, -0.05) is 36.8 Å². The number of nitrogens with zero attached hydrogens (tertiary/aromatic N) is 1. The van der Waals surface area contributed by atoms with Gasteiger partial charge in [0.25, 0.3) is 0 Å². The van der Waals surface area contributed by atoms with E-state index in [4.69, 9.17) is 15.1 Å². The number of hydrogen-bond donors (Lipinski definition) is 1. The van der Waals surface area contributed by atoms with Crippen molar-refractivity contribution in [3.05, 3.63) is 70.5 Å². The summed E-state index contributed by atoms with van der Waals surface area (Å²) in [6.07, 6.45) is 4.04. The Morgan fingerprint density at radius 2 is 2.00 bits per heavy atom. The molecule has 1 aliphatic carbocycles. The highest BCUT2D eigenvalue weighted by atomic mass is 19.1. The fourth-order valence-electron chi connectivity index (χ4n) is 3.62. The normalized spacial score (nSPS) is 19.4. The Bertz CT molecular complexity index is 842. The van der Waals surface area contributed by atoms with Crippen molar-refractivity contribution in [3.63, 3.8) is 0 Å². The van der Waals surface area contributed by atoms with Gasteiger partial charge in [-0.3, -0.25) is 4.79 Å². The van der Waals surface area contributed by atoms with E-state index in [1.165, 1.54) is 11.6 Å². The summed E-state index contributed by atoms with van der Waals surface area (Å²) in [5.74, 6) is -0.868. The van der Waals surface area contributed by atoms with Gasteiger partial charge in [-0.25, -0.2) is 4.39 Å². The summed E-state index contributed by atoms with van der Waals surface area (Å²) < 4.78 is 19.9. The van der Waals surface area contributed by atoms with Crippen LogP contribution in [0.1, 0.15) is 53.9 Å². The minimum atomic E-state index is -0.830. The molecule has 1 N–H and O–H groups in total. The van der Waals surface area contributed by atoms with Crippen LogP contribution in [-0.4, -0.2) is 17.2 Å². The molecule has 0 spiro atoms. The molecule has 5 heteroatoms. The van der Waals surface area contributed by atoms with E-state index in [2.05, 4.69) is 0 Å². The number of ether oxygens (including phenoxy) is 1. The molecule has 0 heterocycles. The molecule has 2 unspecified atom stereocenters. The van der Waals surface area contributed by atoms with E-state index in [0.29, 0.717) is 17.0 Å². The molecule has 0 amide bonds. The molecule has 1 aliphatic rings. The molecule has 0 saturated heterocycles. The monoisotopic (exact) mass is 367 g/mol. The molecule has 0 aliphatic heterocycles. The third-order valence-electron chi connectivity index (χ3n) is 5.09. The highest BCUT2D eigenvalue weighted by molar-refractivity contribution is 5.70. The summed E-state index contributed by atoms with van der Waals surface area (Å²) in [6.45, 7) is 0.201. The number of carboxylic acid groups (broad SMARTS) is 1. The zero-order valence-corrected chi connectivity index (χ0v) is 15.0. The molecule has 1 fully saturated rings. The molecule has 2 aromatic rings. The summed E-state index contributed by atoms with van der Waals surface area (Å²) in [4.78, 5) is 10.8. The molecule has 2 aromatic carbocycles. The van der Waals surface area contributed by atoms with Crippen molar-refractivity contribution in [2.75, 3.05) is 0 Å². The lowest BCUT2D eigenvalue weighted by Gasteiger charge is -2.29. The van der Waals surface area contributed by atoms with Crippen LogP contribution in [0.2, 0.25) is 0 Å². The first-order valence-electron chi connectivity index (χ1n) is 9.16. The Balaban J connectivity index is 1.58. The summed E-state index contributed by atoms with van der Waals surface area (Å²) in [5.41, 5.74) is 2.77. The van der Waals surface area contributed by atoms with Crippen molar-refractivity contribution in [2.45, 2.75) is 50.7 Å². The van der Waals surface area contributed by atoms with Gasteiger partial charge in [-0.05, 0) is 48.4 Å². The zero-order chi connectivity index (χ0) is 19.2. The largest absolute Gasteiger partial charge is 0.481 e. The van der Waals surface area contributed by atoms with Crippen molar-refractivity contribution >= 4 is 5.97 Å². The van der Waals surface area contributed by atoms with E-state index < -0.39 is 11.8 Å². The van der Waals surface area contributed by atoms with Crippen LogP contribution in [0.4, 0.5) is 4.39 Å². The van der Waals surface area contributed by atoms with Gasteiger partial charge in [0, 0.05) is 5.56 Å². The molecule has 0 bridgehead atoms. The topological polar surface area (TPSA) is 70.3 Å². The van der Waals surface area contributed by atoms with E-state index in [9.17, 15) is 9.18 Å². The number of benzene rings is 2. The second-order valence-electron chi connectivity index (χ2n) is 7.03. The lowest BCUT2D eigenvalue weighted by Crippen LogP contribution is -2.22. The third kappa shape index (κ3) is 5.15. The molecular weight excluding hydrogens is 345 g/mol. The molecule has 27 heavy (non-hydrogen) atoms. The number of halogens is 1. The van der Waals surface area contributed by atoms with E-state index >= 15 is 0 Å². The zero-order valence-electron chi connectivity index (χ0n) is 15.0. The Morgan fingerprint density at radius 1 is 1.22 bits per heavy atom. The minimum Gasteiger partial charge on any atom is -0.481 e. The number of carbonyl (C=O) groups is 1. The predicted molar refractivity (Wildman–Crippen MR) is 98.7 cm³/mol. The summed E-state index contributed by atoms with van der Waals surface area (Å²) in [7, 11) is 0. The van der Waals surface area contributed by atoms with Crippen LogP contribution < -0.4 is 0 Å². The average molecular weight is 367 g/mol. The maximum Gasteiger partial charge on any atom is 0.307 e. The highest BCUT2D eigenvalue weighted by Gasteiger charge is 2.24. The molecule has 2 atom stereocenters. The maximum atomic E-state index is 14.0. The number of carboxylic acids is 1. The summed E-state index contributed by atoms with van der Waals surface area (Å²) in [6, 6.07) is 14.1. The van der Waals surface area contributed by atoms with Gasteiger partial charge in [-0.2, -0.15) is 5.26 Å². The predicted octanol–water partition coefficient (Wildman–Crippen LogP) is 4.57. The van der Waals surface area contributed by atoms with E-state index in [0.717, 1.165) is 31.2 Å². The van der Waals surface area contributed by atoms with Crippen LogP contribution in [0.3, 0.4) is 0 Å². The molecule has 140 valence electrons. The second kappa shape index (κ2) is 8.79. The van der Waals surface area contributed by atoms with Crippen molar-refractivity contribution < 1.29 is 19.0 Å². The lowest BCUT2D eigenvalue weighted by molar-refractivity contribution is -0.136. The smallest absolute Gasteiger partial charge is 0.307 e. The molecule has 0 aromatic heterocycles. The molecular formula is C22H22FNO3. The van der Waals surface area contributed by atoms with Crippen molar-refractivity contribution in [3.8, 4) is 6.07 Å². The van der Waals surface area contributed by atoms with E-state index in [1.54, 1.807) is 12.1 Å². The second-order valence-corrected chi connectivity index (χ2v) is 7.03. The van der Waals surface area contributed by atoms with Gasteiger partial charge in [-0.15, -0.1) is 0 Å². The summed E-state index contributed by atoms with van der Waals surface area (Å²) in [5, 5.41) is 17.7. The van der Waals surface area contributed by atoms with Crippen molar-refractivity contribution in [1.29, 1.82) is 5.26 Å². The number of nitriles is 1. The van der Waals surface area contributed by atoms with Crippen LogP contribution in [0.15, 0.2) is 42.5 Å². The van der Waals surface area contributed by atoms with Crippen LogP contribution in [0.5, 0.6) is 0 Å². The van der Waals surface area contributed by atoms with Gasteiger partial charge in [0.2, 0.25) is 0 Å². The minimum absolute atomic E-state index is 0.0346. The van der Waals surface area contributed by atoms with E-state index in [1.807, 2.05) is 30.3 Å². The molecule has 1 saturated carbocycles. The first kappa shape index (κ1) is 19.1. The van der Waals surface area contributed by atoms with Crippen LogP contribution in [-0.2, 0) is 22.6 Å². The van der Waals surface area contributed by atoms with Gasteiger partial charge in [0.05, 0.1) is 30.8 Å². The molecule has 4 nitrogen and oxygen atoms in total. The Morgan fingerprint density at radius 3 is 2.67 bits per heavy atom.